The molecule has 1 aromatic carbocycles. The zero-order valence-electron chi connectivity index (χ0n) is 12.0. The number of hydrogen-bond acceptors (Lipinski definition) is 3. The van der Waals surface area contributed by atoms with E-state index >= 15 is 0 Å². The molecule has 2 rings (SSSR count). The molecule has 1 aliphatic carbocycles. The smallest absolute Gasteiger partial charge is 0.245 e. The normalized spacial score (nSPS) is 17.9. The van der Waals surface area contributed by atoms with Gasteiger partial charge in [-0.15, -0.1) is 0 Å². The third kappa shape index (κ3) is 3.81. The molecule has 0 aromatic heterocycles. The Morgan fingerprint density at radius 3 is 2.05 bits per heavy atom. The number of nitrogens with zero attached hydrogens (tertiary/aromatic N) is 1. The highest BCUT2D eigenvalue weighted by Crippen LogP contribution is 2.35. The van der Waals surface area contributed by atoms with Gasteiger partial charge in [-0.05, 0) is 56.8 Å². The Kier molecular flexibility index (Phi) is 5.73. The molecule has 118 valence electrons. The van der Waals surface area contributed by atoms with E-state index in [1.807, 2.05) is 0 Å². The van der Waals surface area contributed by atoms with Crippen LogP contribution in [0, 0.1) is 0 Å². The average molecular weight is 440 g/mol. The van der Waals surface area contributed by atoms with Crippen LogP contribution in [0.5, 0.6) is 0 Å². The van der Waals surface area contributed by atoms with E-state index < -0.39 is 10.0 Å². The summed E-state index contributed by atoms with van der Waals surface area (Å²) in [5, 5.41) is 0. The van der Waals surface area contributed by atoms with Gasteiger partial charge in [-0.1, -0.05) is 25.7 Å². The van der Waals surface area contributed by atoms with Crippen molar-refractivity contribution in [3.63, 3.8) is 0 Å². The predicted octanol–water partition coefficient (Wildman–Crippen LogP) is 4.14. The Hall–Kier alpha value is -0.110. The van der Waals surface area contributed by atoms with E-state index in [1.54, 1.807) is 19.2 Å². The number of nitrogens with two attached hydrogens (primary N) is 1. The van der Waals surface area contributed by atoms with Gasteiger partial charge in [-0.2, -0.15) is 4.31 Å². The van der Waals surface area contributed by atoms with Crippen LogP contribution in [0.15, 0.2) is 26.0 Å². The van der Waals surface area contributed by atoms with Crippen LogP contribution >= 0.6 is 31.9 Å². The maximum Gasteiger partial charge on any atom is 0.245 e. The van der Waals surface area contributed by atoms with Crippen molar-refractivity contribution in [2.24, 2.45) is 0 Å². The number of rotatable bonds is 3. The first-order valence-electron chi connectivity index (χ1n) is 7.06. The summed E-state index contributed by atoms with van der Waals surface area (Å²) in [6.45, 7) is 0. The van der Waals surface area contributed by atoms with Crippen molar-refractivity contribution in [1.29, 1.82) is 0 Å². The fraction of sp³-hybridized carbons (Fsp3) is 0.571. The van der Waals surface area contributed by atoms with Gasteiger partial charge in [-0.25, -0.2) is 8.42 Å². The molecule has 0 bridgehead atoms. The Morgan fingerprint density at radius 2 is 1.57 bits per heavy atom. The van der Waals surface area contributed by atoms with Crippen LogP contribution in [0.1, 0.15) is 38.5 Å². The lowest BCUT2D eigenvalue weighted by molar-refractivity contribution is 0.335. The first-order chi connectivity index (χ1) is 9.84. The summed E-state index contributed by atoms with van der Waals surface area (Å²) in [5.74, 6) is 0. The predicted molar refractivity (Wildman–Crippen MR) is 92.7 cm³/mol. The molecule has 1 aromatic rings. The van der Waals surface area contributed by atoms with Crippen LogP contribution in [0.2, 0.25) is 0 Å². The largest absolute Gasteiger partial charge is 0.399 e. The van der Waals surface area contributed by atoms with Crippen LogP contribution in [-0.4, -0.2) is 25.8 Å². The second kappa shape index (κ2) is 6.98. The van der Waals surface area contributed by atoms with E-state index in [-0.39, 0.29) is 10.9 Å². The highest BCUT2D eigenvalue weighted by Gasteiger charge is 2.31. The van der Waals surface area contributed by atoms with E-state index in [4.69, 9.17) is 5.73 Å². The van der Waals surface area contributed by atoms with E-state index in [0.29, 0.717) is 14.6 Å². The lowest BCUT2D eigenvalue weighted by Crippen LogP contribution is -2.37. The molecule has 0 saturated heterocycles. The van der Waals surface area contributed by atoms with Gasteiger partial charge in [0.2, 0.25) is 10.0 Å². The second-order valence-corrected chi connectivity index (χ2v) is 9.12. The van der Waals surface area contributed by atoms with Gasteiger partial charge in [0.05, 0.1) is 0 Å². The summed E-state index contributed by atoms with van der Waals surface area (Å²) in [4.78, 5) is 0.253. The molecule has 1 fully saturated rings. The molecule has 0 radical (unpaired) electrons. The molecular formula is C14H20Br2N2O2S. The number of hydrogen-bond donors (Lipinski definition) is 1. The lowest BCUT2D eigenvalue weighted by atomic mass is 10.1. The molecule has 0 amide bonds. The van der Waals surface area contributed by atoms with Gasteiger partial charge in [0, 0.05) is 27.7 Å². The molecule has 4 nitrogen and oxygen atoms in total. The van der Waals surface area contributed by atoms with Crippen LogP contribution in [0.4, 0.5) is 5.69 Å². The van der Waals surface area contributed by atoms with E-state index in [0.717, 1.165) is 25.7 Å². The van der Waals surface area contributed by atoms with Crippen LogP contribution in [0.25, 0.3) is 0 Å². The minimum atomic E-state index is -3.55. The summed E-state index contributed by atoms with van der Waals surface area (Å²) in [7, 11) is -1.87. The Balaban J connectivity index is 2.37. The van der Waals surface area contributed by atoms with Gasteiger partial charge in [0.15, 0.2) is 0 Å². The Morgan fingerprint density at radius 1 is 1.10 bits per heavy atom. The summed E-state index contributed by atoms with van der Waals surface area (Å²) in [6.07, 6.45) is 6.43. The van der Waals surface area contributed by atoms with Gasteiger partial charge >= 0.3 is 0 Å². The maximum absolute atomic E-state index is 12.9. The van der Waals surface area contributed by atoms with Crippen molar-refractivity contribution in [1.82, 2.24) is 4.31 Å². The van der Waals surface area contributed by atoms with Gasteiger partial charge in [0.25, 0.3) is 0 Å². The summed E-state index contributed by atoms with van der Waals surface area (Å²) < 4.78 is 28.4. The van der Waals surface area contributed by atoms with Gasteiger partial charge in [-0.3, -0.25) is 0 Å². The van der Waals surface area contributed by atoms with Crippen molar-refractivity contribution >= 4 is 47.6 Å². The summed E-state index contributed by atoms with van der Waals surface area (Å²) >= 11 is 6.65. The zero-order chi connectivity index (χ0) is 15.6. The molecule has 21 heavy (non-hydrogen) atoms. The molecule has 7 heteroatoms. The highest BCUT2D eigenvalue weighted by atomic mass is 79.9. The summed E-state index contributed by atoms with van der Waals surface area (Å²) in [6, 6.07) is 3.32. The van der Waals surface area contributed by atoms with Crippen molar-refractivity contribution in [3.05, 3.63) is 21.1 Å². The first-order valence-corrected chi connectivity index (χ1v) is 10.1. The number of halogens is 2. The molecule has 1 saturated carbocycles. The maximum atomic E-state index is 12.9. The van der Waals surface area contributed by atoms with E-state index in [1.165, 1.54) is 17.1 Å². The van der Waals surface area contributed by atoms with Crippen molar-refractivity contribution in [2.75, 3.05) is 12.8 Å². The van der Waals surface area contributed by atoms with Gasteiger partial charge in [0.1, 0.15) is 4.90 Å². The van der Waals surface area contributed by atoms with Crippen molar-refractivity contribution in [2.45, 2.75) is 49.5 Å². The molecule has 1 aliphatic rings. The fourth-order valence-electron chi connectivity index (χ4n) is 2.79. The zero-order valence-corrected chi connectivity index (χ0v) is 16.0. The van der Waals surface area contributed by atoms with Crippen molar-refractivity contribution < 1.29 is 8.42 Å². The number of nitrogen functional groups attached to an aromatic ring is 1. The highest BCUT2D eigenvalue weighted by molar-refractivity contribution is 9.11. The molecule has 0 spiro atoms. The summed E-state index contributed by atoms with van der Waals surface area (Å²) in [5.41, 5.74) is 6.26. The fourth-order valence-corrected chi connectivity index (χ4v) is 6.74. The van der Waals surface area contributed by atoms with Crippen LogP contribution < -0.4 is 5.73 Å². The second-order valence-electron chi connectivity index (χ2n) is 5.48. The monoisotopic (exact) mass is 438 g/mol. The van der Waals surface area contributed by atoms with Crippen molar-refractivity contribution in [3.8, 4) is 0 Å². The number of anilines is 1. The van der Waals surface area contributed by atoms with E-state index in [9.17, 15) is 8.42 Å². The molecular weight excluding hydrogens is 420 g/mol. The SMILES string of the molecule is CN(C1CCCCCC1)S(=O)(=O)c1c(Br)cc(N)cc1Br. The van der Waals surface area contributed by atoms with Crippen LogP contribution in [0.3, 0.4) is 0 Å². The van der Waals surface area contributed by atoms with Gasteiger partial charge < -0.3 is 5.73 Å². The lowest BCUT2D eigenvalue weighted by Gasteiger charge is -2.27. The minimum Gasteiger partial charge on any atom is -0.399 e. The topological polar surface area (TPSA) is 63.4 Å². The average Bonchev–Trinajstić information content (AvgIpc) is 2.64. The number of sulfonamides is 1. The quantitative estimate of drug-likeness (QED) is 0.568. The number of benzene rings is 1. The molecule has 0 atom stereocenters. The molecule has 0 aliphatic heterocycles. The Labute approximate surface area is 143 Å². The van der Waals surface area contributed by atoms with Crippen LogP contribution in [-0.2, 0) is 10.0 Å². The standard InChI is InChI=1S/C14H20Br2N2O2S/c1-18(11-6-4-2-3-5-7-11)21(19,20)14-12(15)8-10(17)9-13(14)16/h8-9,11H,2-7,17H2,1H3. The molecule has 2 N–H and O–H groups in total. The Bertz CT molecular complexity index is 588. The third-order valence-corrected chi connectivity index (χ3v) is 7.78. The first kappa shape index (κ1) is 17.2. The molecule has 0 heterocycles. The van der Waals surface area contributed by atoms with E-state index in [2.05, 4.69) is 31.9 Å². The minimum absolute atomic E-state index is 0.0776. The molecule has 0 unspecified atom stereocenters. The third-order valence-electron chi connectivity index (χ3n) is 4.00.